The molecule has 0 radical (unpaired) electrons. The number of carbonyl (C=O) groups is 1. The van der Waals surface area contributed by atoms with E-state index in [4.69, 9.17) is 9.15 Å². The van der Waals surface area contributed by atoms with Gasteiger partial charge in [0.1, 0.15) is 11.4 Å². The monoisotopic (exact) mass is 349 g/mol. The van der Waals surface area contributed by atoms with Crippen molar-refractivity contribution < 1.29 is 13.9 Å². The molecule has 0 aliphatic carbocycles. The summed E-state index contributed by atoms with van der Waals surface area (Å²) in [5.74, 6) is 0.784. The van der Waals surface area contributed by atoms with Gasteiger partial charge in [0.2, 0.25) is 5.89 Å². The van der Waals surface area contributed by atoms with Crippen LogP contribution >= 0.6 is 0 Å². The van der Waals surface area contributed by atoms with Gasteiger partial charge in [0.05, 0.1) is 25.4 Å². The highest BCUT2D eigenvalue weighted by molar-refractivity contribution is 5.93. The first-order valence-corrected chi connectivity index (χ1v) is 7.91. The van der Waals surface area contributed by atoms with Crippen molar-refractivity contribution >= 4 is 17.1 Å². The van der Waals surface area contributed by atoms with E-state index in [1.54, 1.807) is 36.3 Å². The average Bonchev–Trinajstić information content (AvgIpc) is 3.33. The summed E-state index contributed by atoms with van der Waals surface area (Å²) in [6.45, 7) is 0.162. The molecule has 3 aromatic heterocycles. The zero-order valence-electron chi connectivity index (χ0n) is 13.9. The summed E-state index contributed by atoms with van der Waals surface area (Å²) in [4.78, 5) is 20.7. The van der Waals surface area contributed by atoms with Crippen molar-refractivity contribution in [3.05, 3.63) is 66.4 Å². The number of hydrogen-bond donors (Lipinski definition) is 1. The molecule has 3 heterocycles. The normalized spacial score (nSPS) is 10.8. The van der Waals surface area contributed by atoms with E-state index < -0.39 is 0 Å². The highest BCUT2D eigenvalue weighted by Gasteiger charge is 2.13. The van der Waals surface area contributed by atoms with Crippen LogP contribution in [0.25, 0.3) is 16.9 Å². The van der Waals surface area contributed by atoms with E-state index in [-0.39, 0.29) is 12.5 Å². The van der Waals surface area contributed by atoms with Gasteiger partial charge in [-0.25, -0.2) is 9.67 Å². The van der Waals surface area contributed by atoms with Crippen molar-refractivity contribution in [1.29, 1.82) is 0 Å². The van der Waals surface area contributed by atoms with E-state index in [9.17, 15) is 4.79 Å². The van der Waals surface area contributed by atoms with Gasteiger partial charge in [-0.3, -0.25) is 4.79 Å². The molecule has 0 bridgehead atoms. The molecule has 0 aliphatic heterocycles. The Hall–Kier alpha value is -3.68. The van der Waals surface area contributed by atoms with Gasteiger partial charge < -0.3 is 14.5 Å². The van der Waals surface area contributed by atoms with E-state index >= 15 is 0 Å². The molecule has 26 heavy (non-hydrogen) atoms. The summed E-state index contributed by atoms with van der Waals surface area (Å²) in [6.07, 6.45) is 4.77. The van der Waals surface area contributed by atoms with E-state index in [1.807, 2.05) is 24.3 Å². The van der Waals surface area contributed by atoms with Gasteiger partial charge in [-0.05, 0) is 24.3 Å². The van der Waals surface area contributed by atoms with Crippen LogP contribution in [-0.2, 0) is 6.54 Å². The lowest BCUT2D eigenvalue weighted by Gasteiger charge is -2.07. The number of para-hydroxylation sites is 2. The molecular weight excluding hydrogens is 334 g/mol. The van der Waals surface area contributed by atoms with Crippen molar-refractivity contribution in [2.45, 2.75) is 6.54 Å². The number of ether oxygens (including phenoxy) is 1. The number of aromatic nitrogens is 4. The average molecular weight is 349 g/mol. The van der Waals surface area contributed by atoms with Gasteiger partial charge in [-0.2, -0.15) is 10.1 Å². The van der Waals surface area contributed by atoms with Gasteiger partial charge in [0.15, 0.2) is 11.2 Å². The minimum absolute atomic E-state index is 0.162. The van der Waals surface area contributed by atoms with Crippen molar-refractivity contribution in [3.63, 3.8) is 0 Å². The van der Waals surface area contributed by atoms with E-state index in [0.717, 1.165) is 5.69 Å². The van der Waals surface area contributed by atoms with E-state index in [0.29, 0.717) is 28.4 Å². The summed E-state index contributed by atoms with van der Waals surface area (Å²) in [5.41, 5.74) is 2.27. The second kappa shape index (κ2) is 6.67. The fourth-order valence-electron chi connectivity index (χ4n) is 2.54. The Morgan fingerprint density at radius 1 is 1.27 bits per heavy atom. The molecule has 8 heteroatoms. The Labute approximate surface area is 148 Å². The molecule has 0 saturated heterocycles. The van der Waals surface area contributed by atoms with Crippen molar-refractivity contribution in [2.24, 2.45) is 0 Å². The van der Waals surface area contributed by atoms with E-state index in [2.05, 4.69) is 20.4 Å². The van der Waals surface area contributed by atoms with Crippen LogP contribution in [-0.4, -0.2) is 32.8 Å². The molecular formula is C18H15N5O3. The number of carbonyl (C=O) groups excluding carboxylic acids is 1. The lowest BCUT2D eigenvalue weighted by atomic mass is 10.3. The Balaban J connectivity index is 1.48. The molecule has 1 aromatic carbocycles. The Morgan fingerprint density at radius 3 is 3.00 bits per heavy atom. The third-order valence-electron chi connectivity index (χ3n) is 3.79. The lowest BCUT2D eigenvalue weighted by molar-refractivity contribution is 0.0947. The maximum Gasteiger partial charge on any atom is 0.254 e. The fraction of sp³-hybridized carbons (Fsp3) is 0.111. The second-order valence-corrected chi connectivity index (χ2v) is 5.46. The van der Waals surface area contributed by atoms with Crippen LogP contribution in [0, 0.1) is 0 Å². The number of amides is 1. The van der Waals surface area contributed by atoms with Gasteiger partial charge in [-0.15, -0.1) is 0 Å². The molecule has 130 valence electrons. The number of nitrogens with zero attached hydrogens (tertiary/aromatic N) is 4. The first-order chi connectivity index (χ1) is 12.7. The molecule has 0 unspecified atom stereocenters. The predicted octanol–water partition coefficient (Wildman–Crippen LogP) is 2.35. The number of benzene rings is 1. The molecule has 0 fully saturated rings. The number of oxazole rings is 1. The maximum atomic E-state index is 12.4. The minimum Gasteiger partial charge on any atom is -0.494 e. The lowest BCUT2D eigenvalue weighted by Crippen LogP contribution is -2.22. The highest BCUT2D eigenvalue weighted by atomic mass is 16.5. The fourth-order valence-corrected chi connectivity index (χ4v) is 2.54. The zero-order chi connectivity index (χ0) is 17.9. The molecule has 0 aliphatic rings. The van der Waals surface area contributed by atoms with Gasteiger partial charge in [0, 0.05) is 12.4 Å². The standard InChI is InChI=1S/C18H15N5O3/c1-25-14-6-3-2-5-13(14)23-11-12(9-21-23)18(24)20-10-16-22-17-15(26-16)7-4-8-19-17/h2-9,11H,10H2,1H3,(H,20,24). The summed E-state index contributed by atoms with van der Waals surface area (Å²) in [7, 11) is 1.59. The summed E-state index contributed by atoms with van der Waals surface area (Å²) in [5, 5.41) is 6.99. The number of fused-ring (bicyclic) bond motifs is 1. The topological polar surface area (TPSA) is 95.1 Å². The minimum atomic E-state index is -0.277. The number of methoxy groups -OCH3 is 1. The van der Waals surface area contributed by atoms with Crippen molar-refractivity contribution in [1.82, 2.24) is 25.1 Å². The molecule has 0 spiro atoms. The van der Waals surface area contributed by atoms with Crippen molar-refractivity contribution in [2.75, 3.05) is 7.11 Å². The largest absolute Gasteiger partial charge is 0.494 e. The second-order valence-electron chi connectivity index (χ2n) is 5.46. The third-order valence-corrected chi connectivity index (χ3v) is 3.79. The van der Waals surface area contributed by atoms with Crippen LogP contribution in [0.5, 0.6) is 5.75 Å². The molecule has 0 saturated carbocycles. The van der Waals surface area contributed by atoms with E-state index in [1.165, 1.54) is 6.20 Å². The van der Waals surface area contributed by atoms with Crippen LogP contribution in [0.2, 0.25) is 0 Å². The Bertz CT molecular complexity index is 1040. The molecule has 1 N–H and O–H groups in total. The number of pyridine rings is 1. The van der Waals surface area contributed by atoms with Crippen LogP contribution in [0.15, 0.2) is 59.4 Å². The maximum absolute atomic E-state index is 12.4. The third kappa shape index (κ3) is 3.00. The van der Waals surface area contributed by atoms with Crippen LogP contribution in [0.4, 0.5) is 0 Å². The van der Waals surface area contributed by atoms with Crippen molar-refractivity contribution in [3.8, 4) is 11.4 Å². The van der Waals surface area contributed by atoms with Crippen LogP contribution < -0.4 is 10.1 Å². The number of hydrogen-bond acceptors (Lipinski definition) is 6. The van der Waals surface area contributed by atoms with Gasteiger partial charge in [-0.1, -0.05) is 12.1 Å². The Morgan fingerprint density at radius 2 is 2.15 bits per heavy atom. The van der Waals surface area contributed by atoms with Crippen LogP contribution in [0.1, 0.15) is 16.2 Å². The van der Waals surface area contributed by atoms with Crippen LogP contribution in [0.3, 0.4) is 0 Å². The van der Waals surface area contributed by atoms with Gasteiger partial charge in [0.25, 0.3) is 5.91 Å². The quantitative estimate of drug-likeness (QED) is 0.594. The van der Waals surface area contributed by atoms with Gasteiger partial charge >= 0.3 is 0 Å². The number of rotatable bonds is 5. The predicted molar refractivity (Wildman–Crippen MR) is 93.1 cm³/mol. The summed E-state index contributed by atoms with van der Waals surface area (Å²) in [6, 6.07) is 11.0. The molecule has 4 rings (SSSR count). The summed E-state index contributed by atoms with van der Waals surface area (Å²) < 4.78 is 12.4. The summed E-state index contributed by atoms with van der Waals surface area (Å²) >= 11 is 0. The number of nitrogens with one attached hydrogen (secondary N) is 1. The first-order valence-electron chi connectivity index (χ1n) is 7.91. The first kappa shape index (κ1) is 15.8. The molecule has 8 nitrogen and oxygen atoms in total. The zero-order valence-corrected chi connectivity index (χ0v) is 13.9. The highest BCUT2D eigenvalue weighted by Crippen LogP contribution is 2.21. The SMILES string of the molecule is COc1ccccc1-n1cc(C(=O)NCc2nc3ncccc3o2)cn1. The Kier molecular flexibility index (Phi) is 4.06. The smallest absolute Gasteiger partial charge is 0.254 e. The molecule has 4 aromatic rings. The molecule has 0 atom stereocenters. The molecule has 1 amide bonds.